The summed E-state index contributed by atoms with van der Waals surface area (Å²) in [5.74, 6) is -0.373. The molecule has 0 N–H and O–H groups in total. The van der Waals surface area contributed by atoms with Gasteiger partial charge in [0.15, 0.2) is 0 Å². The molecule has 1 heterocycles. The molecule has 0 aliphatic heterocycles. The zero-order chi connectivity index (χ0) is 14.8. The first-order valence-corrected chi connectivity index (χ1v) is 6.92. The van der Waals surface area contributed by atoms with Crippen molar-refractivity contribution < 1.29 is 4.39 Å². The molecule has 3 rings (SSSR count). The number of benzene rings is 2. The van der Waals surface area contributed by atoms with E-state index < -0.39 is 10.3 Å². The predicted molar refractivity (Wildman–Crippen MR) is 79.4 cm³/mol. The van der Waals surface area contributed by atoms with E-state index in [9.17, 15) is 14.0 Å². The van der Waals surface area contributed by atoms with Crippen LogP contribution in [0.15, 0.2) is 64.2 Å². The summed E-state index contributed by atoms with van der Waals surface area (Å²) in [6.45, 7) is 0. The Morgan fingerprint density at radius 2 is 1.62 bits per heavy atom. The van der Waals surface area contributed by atoms with Crippen LogP contribution in [-0.4, -0.2) is 9.78 Å². The van der Waals surface area contributed by atoms with Gasteiger partial charge < -0.3 is 0 Å². The molecule has 6 heteroatoms. The zero-order valence-corrected chi connectivity index (χ0v) is 11.5. The molecule has 1 aromatic heterocycles. The summed E-state index contributed by atoms with van der Waals surface area (Å²) in [5.41, 5.74) is 0.399. The maximum Gasteiger partial charge on any atom is 0.330 e. The quantitative estimate of drug-likeness (QED) is 0.683. The van der Waals surface area contributed by atoms with Crippen molar-refractivity contribution in [1.82, 2.24) is 9.78 Å². The van der Waals surface area contributed by atoms with E-state index in [1.165, 1.54) is 24.3 Å². The van der Waals surface area contributed by atoms with E-state index in [1.54, 1.807) is 30.3 Å². The van der Waals surface area contributed by atoms with Crippen LogP contribution in [0.4, 0.5) is 4.39 Å². The topological polar surface area (TPSA) is 52.0 Å². The fraction of sp³-hybridized carbons (Fsp3) is 0. The fourth-order valence-electron chi connectivity index (χ4n) is 1.83. The van der Waals surface area contributed by atoms with E-state index in [-0.39, 0.29) is 5.82 Å². The molecule has 0 radical (unpaired) electrons. The van der Waals surface area contributed by atoms with E-state index in [1.807, 2.05) is 0 Å². The van der Waals surface area contributed by atoms with Crippen molar-refractivity contribution in [3.8, 4) is 16.3 Å². The number of hydrogen-bond donors (Lipinski definition) is 0. The highest BCUT2D eigenvalue weighted by Gasteiger charge is 2.10. The molecule has 3 aromatic rings. The highest BCUT2D eigenvalue weighted by atomic mass is 32.1. The number of nitrogens with zero attached hydrogens (tertiary/aromatic N) is 2. The number of halogens is 1. The number of aromatic nitrogens is 2. The second-order valence-corrected chi connectivity index (χ2v) is 5.22. The molecule has 0 aliphatic rings. The zero-order valence-electron chi connectivity index (χ0n) is 10.7. The van der Waals surface area contributed by atoms with Gasteiger partial charge in [-0.05, 0) is 36.4 Å². The maximum absolute atomic E-state index is 13.0. The molecule has 0 fully saturated rings. The highest BCUT2D eigenvalue weighted by Crippen LogP contribution is 2.18. The monoisotopic (exact) mass is 300 g/mol. The second kappa shape index (κ2) is 5.41. The molecule has 0 amide bonds. The standard InChI is InChI=1S/C15H9FN2O2S/c16-11-8-6-10(7-9-11)13-17-18(14(19)15(20)21-13)12-4-2-1-3-5-12/h1-9H. The largest absolute Gasteiger partial charge is 0.330 e. The first-order valence-electron chi connectivity index (χ1n) is 6.11. The van der Waals surface area contributed by atoms with Crippen molar-refractivity contribution in [2.24, 2.45) is 0 Å². The van der Waals surface area contributed by atoms with Crippen LogP contribution < -0.4 is 10.3 Å². The fourth-order valence-corrected chi connectivity index (χ4v) is 2.55. The molecular weight excluding hydrogens is 291 g/mol. The van der Waals surface area contributed by atoms with Crippen molar-refractivity contribution in [1.29, 1.82) is 0 Å². The third-order valence-electron chi connectivity index (χ3n) is 2.84. The van der Waals surface area contributed by atoms with Gasteiger partial charge in [0, 0.05) is 5.56 Å². The van der Waals surface area contributed by atoms with Gasteiger partial charge in [0.2, 0.25) is 0 Å². The maximum atomic E-state index is 13.0. The van der Waals surface area contributed by atoms with E-state index >= 15 is 0 Å². The minimum atomic E-state index is -0.697. The molecule has 0 unspecified atom stereocenters. The summed E-state index contributed by atoms with van der Waals surface area (Å²) in [4.78, 5) is 23.8. The Balaban J connectivity index is 2.21. The molecule has 0 bridgehead atoms. The van der Waals surface area contributed by atoms with Gasteiger partial charge in [-0.15, -0.1) is 0 Å². The van der Waals surface area contributed by atoms with Crippen LogP contribution >= 0.6 is 11.3 Å². The van der Waals surface area contributed by atoms with Crippen molar-refractivity contribution >= 4 is 11.3 Å². The third-order valence-corrected chi connectivity index (χ3v) is 3.71. The van der Waals surface area contributed by atoms with Gasteiger partial charge in [-0.3, -0.25) is 9.59 Å². The average molecular weight is 300 g/mol. The number of para-hydroxylation sites is 1. The Bertz CT molecular complexity index is 886. The molecule has 2 aromatic carbocycles. The van der Waals surface area contributed by atoms with E-state index in [0.29, 0.717) is 16.3 Å². The minimum absolute atomic E-state index is 0.364. The van der Waals surface area contributed by atoms with E-state index in [2.05, 4.69) is 5.10 Å². The van der Waals surface area contributed by atoms with Crippen LogP contribution in [0, 0.1) is 5.82 Å². The second-order valence-electron chi connectivity index (χ2n) is 4.25. The molecule has 0 aliphatic carbocycles. The number of rotatable bonds is 2. The lowest BCUT2D eigenvalue weighted by molar-refractivity contribution is 0.628. The Morgan fingerprint density at radius 1 is 0.952 bits per heavy atom. The van der Waals surface area contributed by atoms with Gasteiger partial charge in [-0.1, -0.05) is 29.5 Å². The van der Waals surface area contributed by atoms with Crippen molar-refractivity contribution in [2.75, 3.05) is 0 Å². The van der Waals surface area contributed by atoms with Crippen LogP contribution in [0.5, 0.6) is 0 Å². The van der Waals surface area contributed by atoms with Gasteiger partial charge in [0.25, 0.3) is 0 Å². The van der Waals surface area contributed by atoms with Gasteiger partial charge in [-0.2, -0.15) is 9.78 Å². The summed E-state index contributed by atoms with van der Waals surface area (Å²) < 4.78 is 13.4. The van der Waals surface area contributed by atoms with Gasteiger partial charge in [-0.25, -0.2) is 4.39 Å². The summed E-state index contributed by atoms with van der Waals surface area (Å²) in [5, 5.41) is 4.57. The summed E-state index contributed by atoms with van der Waals surface area (Å²) >= 11 is 0.749. The number of hydrogen-bond acceptors (Lipinski definition) is 4. The lowest BCUT2D eigenvalue weighted by Gasteiger charge is -2.05. The molecule has 0 atom stereocenters. The first-order chi connectivity index (χ1) is 10.1. The third kappa shape index (κ3) is 2.66. The Labute approximate surface area is 122 Å². The lowest BCUT2D eigenvalue weighted by Crippen LogP contribution is -2.32. The first kappa shape index (κ1) is 13.4. The Morgan fingerprint density at radius 3 is 2.29 bits per heavy atom. The smallest absolute Gasteiger partial charge is 0.271 e. The van der Waals surface area contributed by atoms with E-state index in [0.717, 1.165) is 16.0 Å². The van der Waals surface area contributed by atoms with Crippen LogP contribution in [0.2, 0.25) is 0 Å². The van der Waals surface area contributed by atoms with Crippen molar-refractivity contribution in [3.63, 3.8) is 0 Å². The Kier molecular flexibility index (Phi) is 3.45. The molecular formula is C15H9FN2O2S. The molecule has 104 valence electrons. The predicted octanol–water partition coefficient (Wildman–Crippen LogP) is 2.46. The van der Waals surface area contributed by atoms with Crippen LogP contribution in [0.1, 0.15) is 0 Å². The van der Waals surface area contributed by atoms with Crippen LogP contribution in [0.3, 0.4) is 0 Å². The SMILES string of the molecule is O=c1sc(-c2ccc(F)cc2)nn(-c2ccccc2)c1=O. The molecule has 0 spiro atoms. The van der Waals surface area contributed by atoms with Gasteiger partial charge in [0.1, 0.15) is 10.8 Å². The molecule has 21 heavy (non-hydrogen) atoms. The van der Waals surface area contributed by atoms with Crippen LogP contribution in [-0.2, 0) is 0 Å². The Hall–Kier alpha value is -2.60. The van der Waals surface area contributed by atoms with Crippen molar-refractivity contribution in [3.05, 3.63) is 80.3 Å². The average Bonchev–Trinajstić information content (AvgIpc) is 2.51. The summed E-state index contributed by atoms with van der Waals surface area (Å²) in [6, 6.07) is 14.3. The summed E-state index contributed by atoms with van der Waals surface area (Å²) in [6.07, 6.45) is 0. The molecule has 0 saturated carbocycles. The van der Waals surface area contributed by atoms with Crippen LogP contribution in [0.25, 0.3) is 16.3 Å². The van der Waals surface area contributed by atoms with Gasteiger partial charge in [0.05, 0.1) is 5.69 Å². The normalized spacial score (nSPS) is 10.5. The highest BCUT2D eigenvalue weighted by molar-refractivity contribution is 7.12. The molecule has 4 nitrogen and oxygen atoms in total. The molecule has 0 saturated heterocycles. The minimum Gasteiger partial charge on any atom is -0.271 e. The van der Waals surface area contributed by atoms with Gasteiger partial charge >= 0.3 is 10.3 Å². The lowest BCUT2D eigenvalue weighted by atomic mass is 10.2. The summed E-state index contributed by atoms with van der Waals surface area (Å²) in [7, 11) is 0. The van der Waals surface area contributed by atoms with Crippen molar-refractivity contribution in [2.45, 2.75) is 0 Å². The van der Waals surface area contributed by atoms with E-state index in [4.69, 9.17) is 0 Å².